The zero-order chi connectivity index (χ0) is 21.0. The second kappa shape index (κ2) is 8.57. The lowest BCUT2D eigenvalue weighted by Gasteiger charge is -2.33. The molecule has 0 aliphatic carbocycles. The quantitative estimate of drug-likeness (QED) is 0.580. The Labute approximate surface area is 168 Å². The van der Waals surface area contributed by atoms with Crippen molar-refractivity contribution in [1.29, 1.82) is 10.5 Å². The summed E-state index contributed by atoms with van der Waals surface area (Å²) in [6.07, 6.45) is 4.32. The monoisotopic (exact) mass is 391 g/mol. The van der Waals surface area contributed by atoms with Gasteiger partial charge in [-0.2, -0.15) is 10.5 Å². The number of allylic oxidation sites excluding steroid dienone is 1. The molecular formula is C21H21N5O3. The third-order valence-corrected chi connectivity index (χ3v) is 4.93. The summed E-state index contributed by atoms with van der Waals surface area (Å²) in [6.45, 7) is 4.91. The summed E-state index contributed by atoms with van der Waals surface area (Å²) >= 11 is 0. The number of anilines is 1. The maximum Gasteiger partial charge on any atom is 0.310 e. The van der Waals surface area contributed by atoms with E-state index in [-0.39, 0.29) is 28.6 Å². The predicted octanol–water partition coefficient (Wildman–Crippen LogP) is 2.21. The third kappa shape index (κ3) is 3.97. The molecule has 148 valence electrons. The van der Waals surface area contributed by atoms with Gasteiger partial charge in [-0.1, -0.05) is 6.07 Å². The van der Waals surface area contributed by atoms with E-state index in [1.54, 1.807) is 31.3 Å². The van der Waals surface area contributed by atoms with Crippen molar-refractivity contribution in [2.24, 2.45) is 5.92 Å². The van der Waals surface area contributed by atoms with Gasteiger partial charge in [0.2, 0.25) is 0 Å². The van der Waals surface area contributed by atoms with Gasteiger partial charge in [0.15, 0.2) is 0 Å². The van der Waals surface area contributed by atoms with E-state index in [0.29, 0.717) is 37.6 Å². The highest BCUT2D eigenvalue weighted by atomic mass is 16.5. The maximum atomic E-state index is 13.2. The standard InChI is InChI=1S/C21H21N5O3/c1-3-29-21(28)16-7-5-8-25(13-16)19-17(10-15(11-22)12-23)20(27)26-9-4-6-14(2)18(26)24-19/h4,6,9-10,16H,3,5,7-8,13H2,1-2H3/t16-/m0/s1. The van der Waals surface area contributed by atoms with Crippen LogP contribution in [0, 0.1) is 35.5 Å². The first-order valence-electron chi connectivity index (χ1n) is 9.45. The van der Waals surface area contributed by atoms with Crippen molar-refractivity contribution in [3.05, 3.63) is 45.4 Å². The molecule has 1 saturated heterocycles. The number of piperidine rings is 1. The van der Waals surface area contributed by atoms with Crippen molar-refractivity contribution in [3.8, 4) is 12.1 Å². The Balaban J connectivity index is 2.17. The minimum atomic E-state index is -0.366. The van der Waals surface area contributed by atoms with Gasteiger partial charge < -0.3 is 9.64 Å². The molecule has 2 aromatic rings. The fraction of sp³-hybridized carbons (Fsp3) is 0.381. The van der Waals surface area contributed by atoms with Crippen LogP contribution in [-0.4, -0.2) is 35.1 Å². The normalized spacial score (nSPS) is 16.0. The van der Waals surface area contributed by atoms with Crippen LogP contribution in [0.3, 0.4) is 0 Å². The highest BCUT2D eigenvalue weighted by Crippen LogP contribution is 2.26. The summed E-state index contributed by atoms with van der Waals surface area (Å²) in [6, 6.07) is 7.18. The van der Waals surface area contributed by atoms with Gasteiger partial charge in [0.25, 0.3) is 5.56 Å². The molecule has 0 saturated carbocycles. The summed E-state index contributed by atoms with van der Waals surface area (Å²) in [5, 5.41) is 18.3. The van der Waals surface area contributed by atoms with Gasteiger partial charge in [-0.25, -0.2) is 4.98 Å². The number of carbonyl (C=O) groups is 1. The second-order valence-electron chi connectivity index (χ2n) is 6.86. The lowest BCUT2D eigenvalue weighted by Crippen LogP contribution is -2.41. The van der Waals surface area contributed by atoms with E-state index < -0.39 is 0 Å². The van der Waals surface area contributed by atoms with Crippen LogP contribution in [0.15, 0.2) is 28.7 Å². The number of rotatable bonds is 4. The number of esters is 1. The number of hydrogen-bond acceptors (Lipinski definition) is 7. The molecule has 3 heterocycles. The van der Waals surface area contributed by atoms with Crippen LogP contribution < -0.4 is 10.5 Å². The second-order valence-corrected chi connectivity index (χ2v) is 6.86. The number of fused-ring (bicyclic) bond motifs is 1. The zero-order valence-electron chi connectivity index (χ0n) is 16.4. The van der Waals surface area contributed by atoms with Crippen LogP contribution >= 0.6 is 0 Å². The highest BCUT2D eigenvalue weighted by molar-refractivity contribution is 5.75. The lowest BCUT2D eigenvalue weighted by molar-refractivity contribution is -0.148. The Morgan fingerprint density at radius 3 is 2.86 bits per heavy atom. The number of pyridine rings is 1. The molecule has 3 rings (SSSR count). The van der Waals surface area contributed by atoms with Crippen LogP contribution in [0.2, 0.25) is 0 Å². The number of aromatic nitrogens is 2. The Morgan fingerprint density at radius 1 is 1.41 bits per heavy atom. The molecule has 0 N–H and O–H groups in total. The molecule has 0 bridgehead atoms. The summed E-state index contributed by atoms with van der Waals surface area (Å²) < 4.78 is 6.56. The molecule has 8 nitrogen and oxygen atoms in total. The average molecular weight is 391 g/mol. The van der Waals surface area contributed by atoms with Gasteiger partial charge in [0.1, 0.15) is 29.2 Å². The topological polar surface area (TPSA) is 111 Å². The van der Waals surface area contributed by atoms with Crippen LogP contribution in [-0.2, 0) is 9.53 Å². The summed E-state index contributed by atoms with van der Waals surface area (Å²) in [5.74, 6) is -0.205. The molecule has 0 unspecified atom stereocenters. The van der Waals surface area contributed by atoms with Crippen molar-refractivity contribution >= 4 is 23.5 Å². The first-order chi connectivity index (χ1) is 14.0. The fourth-order valence-corrected chi connectivity index (χ4v) is 3.52. The lowest BCUT2D eigenvalue weighted by atomic mass is 9.97. The van der Waals surface area contributed by atoms with Crippen molar-refractivity contribution in [1.82, 2.24) is 9.38 Å². The largest absolute Gasteiger partial charge is 0.466 e. The summed E-state index contributed by atoms with van der Waals surface area (Å²) in [7, 11) is 0. The number of hydrogen-bond donors (Lipinski definition) is 0. The van der Waals surface area contributed by atoms with E-state index >= 15 is 0 Å². The van der Waals surface area contributed by atoms with Gasteiger partial charge in [-0.3, -0.25) is 14.0 Å². The van der Waals surface area contributed by atoms with Crippen molar-refractivity contribution in [2.75, 3.05) is 24.6 Å². The van der Waals surface area contributed by atoms with Crippen molar-refractivity contribution in [3.63, 3.8) is 0 Å². The number of aryl methyl sites for hydroxylation is 1. The van der Waals surface area contributed by atoms with E-state index in [2.05, 4.69) is 0 Å². The van der Waals surface area contributed by atoms with E-state index in [0.717, 1.165) is 12.0 Å². The molecule has 2 aromatic heterocycles. The smallest absolute Gasteiger partial charge is 0.310 e. The van der Waals surface area contributed by atoms with Gasteiger partial charge >= 0.3 is 5.97 Å². The minimum absolute atomic E-state index is 0.163. The molecule has 1 fully saturated rings. The first kappa shape index (κ1) is 20.1. The molecule has 0 amide bonds. The fourth-order valence-electron chi connectivity index (χ4n) is 3.52. The number of nitrogens with zero attached hydrogens (tertiary/aromatic N) is 5. The molecule has 0 radical (unpaired) electrons. The van der Waals surface area contributed by atoms with Gasteiger partial charge in [-0.05, 0) is 44.4 Å². The van der Waals surface area contributed by atoms with E-state index in [1.165, 1.54) is 10.5 Å². The minimum Gasteiger partial charge on any atom is -0.466 e. The van der Waals surface area contributed by atoms with E-state index in [1.807, 2.05) is 17.9 Å². The first-order valence-corrected chi connectivity index (χ1v) is 9.45. The average Bonchev–Trinajstić information content (AvgIpc) is 2.74. The van der Waals surface area contributed by atoms with Gasteiger partial charge in [0, 0.05) is 19.3 Å². The Hall–Kier alpha value is -3.65. The van der Waals surface area contributed by atoms with Crippen molar-refractivity contribution < 1.29 is 9.53 Å². The third-order valence-electron chi connectivity index (χ3n) is 4.93. The molecule has 0 spiro atoms. The number of carbonyl (C=O) groups excluding carboxylic acids is 1. The Bertz CT molecular complexity index is 1100. The SMILES string of the molecule is CCOC(=O)[C@H]1CCCN(c2nc3c(C)cccn3c(=O)c2C=C(C#N)C#N)C1. The molecule has 1 atom stereocenters. The number of ether oxygens (including phenoxy) is 1. The molecule has 1 aliphatic rings. The van der Waals surface area contributed by atoms with Crippen LogP contribution in [0.5, 0.6) is 0 Å². The highest BCUT2D eigenvalue weighted by Gasteiger charge is 2.29. The van der Waals surface area contributed by atoms with Crippen LogP contribution in [0.4, 0.5) is 5.82 Å². The Kier molecular flexibility index (Phi) is 5.94. The summed E-state index contributed by atoms with van der Waals surface area (Å²) in [4.78, 5) is 32.0. The maximum absolute atomic E-state index is 13.2. The molecule has 29 heavy (non-hydrogen) atoms. The van der Waals surface area contributed by atoms with E-state index in [4.69, 9.17) is 20.2 Å². The van der Waals surface area contributed by atoms with Gasteiger partial charge in [0.05, 0.1) is 18.1 Å². The molecule has 1 aliphatic heterocycles. The molecule has 8 heteroatoms. The summed E-state index contributed by atoms with van der Waals surface area (Å²) in [5.41, 5.74) is 0.932. The van der Waals surface area contributed by atoms with E-state index in [9.17, 15) is 9.59 Å². The van der Waals surface area contributed by atoms with Crippen LogP contribution in [0.1, 0.15) is 30.9 Å². The molecular weight excluding hydrogens is 370 g/mol. The molecule has 0 aromatic carbocycles. The Morgan fingerprint density at radius 2 is 2.17 bits per heavy atom. The van der Waals surface area contributed by atoms with Crippen molar-refractivity contribution in [2.45, 2.75) is 26.7 Å². The number of nitriles is 2. The zero-order valence-corrected chi connectivity index (χ0v) is 16.4. The predicted molar refractivity (Wildman–Crippen MR) is 107 cm³/mol. The van der Waals surface area contributed by atoms with Crippen LogP contribution in [0.25, 0.3) is 11.7 Å². The van der Waals surface area contributed by atoms with Gasteiger partial charge in [-0.15, -0.1) is 0 Å².